The van der Waals surface area contributed by atoms with Gasteiger partial charge >= 0.3 is 7.82 Å². The molecule has 1 heterocycles. The van der Waals surface area contributed by atoms with Crippen LogP contribution in [0.2, 0.25) is 0 Å². The number of aliphatic hydroxyl groups excluding tert-OH is 1. The Morgan fingerprint density at radius 2 is 2.24 bits per heavy atom. The fourth-order valence-corrected chi connectivity index (χ4v) is 2.94. The first-order chi connectivity index (χ1) is 9.61. The number of hydrogen-bond donors (Lipinski definition) is 7. The summed E-state index contributed by atoms with van der Waals surface area (Å²) in [6.07, 6.45) is -2.91. The lowest BCUT2D eigenvalue weighted by Gasteiger charge is -2.23. The number of nitrogens with one attached hydrogen (secondary N) is 2. The molecule has 1 unspecified atom stereocenters. The molecule has 1 fully saturated rings. The molecule has 0 saturated carbocycles. The predicted octanol–water partition coefficient (Wildman–Crippen LogP) is -3.06. The summed E-state index contributed by atoms with van der Waals surface area (Å²) in [7, 11) is -3.09. The number of phosphoric acid groups is 1. The van der Waals surface area contributed by atoms with E-state index in [9.17, 15) is 9.67 Å². The van der Waals surface area contributed by atoms with Crippen molar-refractivity contribution < 1.29 is 33.5 Å². The molecule has 7 N–H and O–H groups in total. The normalized spacial score (nSPS) is 31.0. The first-order valence-corrected chi connectivity index (χ1v) is 8.11. The summed E-state index contributed by atoms with van der Waals surface area (Å²) >= 11 is 3.88. The molecule has 21 heavy (non-hydrogen) atoms. The average molecular weight is 343 g/mol. The quantitative estimate of drug-likeness (QED) is 0.0483. The molecule has 1 rings (SSSR count). The Morgan fingerprint density at radius 3 is 2.76 bits per heavy atom. The maximum atomic E-state index is 10.8. The summed E-state index contributed by atoms with van der Waals surface area (Å²) < 4.78 is 25.9. The van der Waals surface area contributed by atoms with Gasteiger partial charge in [0.05, 0.1) is 12.6 Å². The van der Waals surface area contributed by atoms with Crippen LogP contribution in [-0.4, -0.2) is 71.6 Å². The topological polar surface area (TPSA) is 167 Å². The van der Waals surface area contributed by atoms with Crippen molar-refractivity contribution in [3.63, 3.8) is 0 Å². The van der Waals surface area contributed by atoms with E-state index in [0.29, 0.717) is 0 Å². The number of thiol groups is 1. The zero-order valence-electron chi connectivity index (χ0n) is 11.2. The molecule has 122 valence electrons. The van der Waals surface area contributed by atoms with Crippen LogP contribution in [0, 0.1) is 5.41 Å². The SMILES string of the molecule is B[C@@H]1O[C@H](C(S)OP(=O)(O)O)[C@@H](O)[C@H]1OCCNC(=N)N. The van der Waals surface area contributed by atoms with Gasteiger partial charge in [-0.3, -0.25) is 9.93 Å². The molecule has 5 atom stereocenters. The van der Waals surface area contributed by atoms with E-state index in [2.05, 4.69) is 22.5 Å². The van der Waals surface area contributed by atoms with Gasteiger partial charge in [0.15, 0.2) is 5.96 Å². The minimum atomic E-state index is -4.73. The van der Waals surface area contributed by atoms with Crippen molar-refractivity contribution in [1.29, 1.82) is 5.41 Å². The van der Waals surface area contributed by atoms with Gasteiger partial charge in [0, 0.05) is 6.54 Å². The summed E-state index contributed by atoms with van der Waals surface area (Å²) in [6, 6.07) is -0.516. The third-order valence-electron chi connectivity index (χ3n) is 2.76. The smallest absolute Gasteiger partial charge is 0.387 e. The highest BCUT2D eigenvalue weighted by atomic mass is 32.1. The second-order valence-corrected chi connectivity index (χ2v) is 6.16. The Kier molecular flexibility index (Phi) is 6.95. The molecular formula is C8H19BN3O7PS. The van der Waals surface area contributed by atoms with Crippen molar-refractivity contribution in [2.75, 3.05) is 13.2 Å². The van der Waals surface area contributed by atoms with Crippen LogP contribution >= 0.6 is 20.5 Å². The van der Waals surface area contributed by atoms with Gasteiger partial charge in [-0.05, 0) is 0 Å². The van der Waals surface area contributed by atoms with E-state index < -0.39 is 37.6 Å². The minimum absolute atomic E-state index is 0.165. The highest BCUT2D eigenvalue weighted by Gasteiger charge is 2.46. The number of nitrogens with two attached hydrogens (primary N) is 1. The van der Waals surface area contributed by atoms with Gasteiger partial charge in [-0.2, -0.15) is 0 Å². The first-order valence-electron chi connectivity index (χ1n) is 6.07. The molecule has 0 aromatic heterocycles. The molecule has 10 nitrogen and oxygen atoms in total. The summed E-state index contributed by atoms with van der Waals surface area (Å²) in [5.41, 5.74) is 3.81. The zero-order valence-corrected chi connectivity index (χ0v) is 13.0. The van der Waals surface area contributed by atoms with E-state index in [1.54, 1.807) is 7.85 Å². The summed E-state index contributed by atoms with van der Waals surface area (Å²) in [4.78, 5) is 17.4. The average Bonchev–Trinajstić information content (AvgIpc) is 2.59. The molecule has 0 bridgehead atoms. The second kappa shape index (κ2) is 7.79. The molecule has 0 amide bonds. The molecule has 0 aromatic carbocycles. The Hall–Kier alpha value is -0.325. The molecule has 13 heteroatoms. The predicted molar refractivity (Wildman–Crippen MR) is 78.8 cm³/mol. The van der Waals surface area contributed by atoms with Crippen LogP contribution in [0.25, 0.3) is 0 Å². The van der Waals surface area contributed by atoms with E-state index >= 15 is 0 Å². The molecule has 1 aliphatic heterocycles. The zero-order chi connectivity index (χ0) is 16.2. The van der Waals surface area contributed by atoms with Crippen LogP contribution in [0.3, 0.4) is 0 Å². The number of hydrogen-bond acceptors (Lipinski definition) is 7. The minimum Gasteiger partial charge on any atom is -0.387 e. The van der Waals surface area contributed by atoms with Crippen LogP contribution in [-0.2, 0) is 18.6 Å². The molecule has 1 aliphatic rings. The highest BCUT2D eigenvalue weighted by Crippen LogP contribution is 2.41. The Morgan fingerprint density at radius 1 is 1.62 bits per heavy atom. The van der Waals surface area contributed by atoms with Crippen molar-refractivity contribution in [3.8, 4) is 0 Å². The summed E-state index contributed by atoms with van der Waals surface area (Å²) in [5, 5.41) is 19.6. The van der Waals surface area contributed by atoms with Crippen molar-refractivity contribution >= 4 is 34.3 Å². The monoisotopic (exact) mass is 343 g/mol. The number of phosphoric ester groups is 1. The maximum Gasteiger partial charge on any atom is 0.470 e. The van der Waals surface area contributed by atoms with Gasteiger partial charge in [-0.15, -0.1) is 12.6 Å². The van der Waals surface area contributed by atoms with Gasteiger partial charge in [0.25, 0.3) is 0 Å². The van der Waals surface area contributed by atoms with E-state index in [1.807, 2.05) is 0 Å². The fraction of sp³-hybridized carbons (Fsp3) is 0.875. The number of aliphatic hydroxyl groups is 1. The highest BCUT2D eigenvalue weighted by molar-refractivity contribution is 7.81. The Bertz CT molecular complexity index is 413. The lowest BCUT2D eigenvalue weighted by molar-refractivity contribution is -0.0322. The Labute approximate surface area is 127 Å². The molecule has 0 radical (unpaired) electrons. The van der Waals surface area contributed by atoms with Crippen LogP contribution in [0.5, 0.6) is 0 Å². The van der Waals surface area contributed by atoms with Crippen LogP contribution in [0.15, 0.2) is 0 Å². The van der Waals surface area contributed by atoms with Crippen LogP contribution < -0.4 is 11.1 Å². The van der Waals surface area contributed by atoms with Crippen LogP contribution in [0.1, 0.15) is 0 Å². The third-order valence-corrected chi connectivity index (χ3v) is 3.83. The van der Waals surface area contributed by atoms with Gasteiger partial charge in [-0.25, -0.2) is 4.57 Å². The molecule has 1 saturated heterocycles. The van der Waals surface area contributed by atoms with E-state index in [4.69, 9.17) is 30.4 Å². The van der Waals surface area contributed by atoms with E-state index in [0.717, 1.165) is 0 Å². The number of rotatable bonds is 7. The van der Waals surface area contributed by atoms with Gasteiger partial charge < -0.3 is 35.4 Å². The van der Waals surface area contributed by atoms with Crippen molar-refractivity contribution in [2.24, 2.45) is 5.73 Å². The van der Waals surface area contributed by atoms with E-state index in [1.165, 1.54) is 0 Å². The lowest BCUT2D eigenvalue weighted by atomic mass is 9.93. The summed E-state index contributed by atoms with van der Waals surface area (Å²) in [5.74, 6) is -0.196. The van der Waals surface area contributed by atoms with Gasteiger partial charge in [-0.1, -0.05) is 0 Å². The standard InChI is InChI=1S/C8H19BN3O7PS/c9-6-4(17-2-1-12-8(10)11)3(13)5(18-6)7(21)19-20(14,15)16/h3-7,13,21H,1-2,9H2,(H4,10,11,12)(H2,14,15,16)/t3-,4+,5-,6+,7?/m0/s1. The van der Waals surface area contributed by atoms with Gasteiger partial charge in [0.1, 0.15) is 31.6 Å². The fourth-order valence-electron chi connectivity index (χ4n) is 1.92. The first kappa shape index (κ1) is 18.7. The van der Waals surface area contributed by atoms with Crippen molar-refractivity contribution in [3.05, 3.63) is 0 Å². The van der Waals surface area contributed by atoms with Gasteiger partial charge in [0.2, 0.25) is 0 Å². The van der Waals surface area contributed by atoms with Crippen molar-refractivity contribution in [1.82, 2.24) is 5.32 Å². The molecular weight excluding hydrogens is 324 g/mol. The lowest BCUT2D eigenvalue weighted by Crippen LogP contribution is -2.41. The van der Waals surface area contributed by atoms with Crippen LogP contribution in [0.4, 0.5) is 0 Å². The maximum absolute atomic E-state index is 10.8. The van der Waals surface area contributed by atoms with E-state index in [-0.39, 0.29) is 19.1 Å². The largest absolute Gasteiger partial charge is 0.470 e. The number of ether oxygens (including phenoxy) is 2. The van der Waals surface area contributed by atoms with Crippen molar-refractivity contribution in [2.45, 2.75) is 29.8 Å². The molecule has 0 aliphatic carbocycles. The molecule has 0 spiro atoms. The number of guanidine groups is 1. The molecule has 0 aromatic rings. The summed E-state index contributed by atoms with van der Waals surface area (Å²) in [6.45, 7) is 0.442. The third kappa shape index (κ3) is 6.13. The Balaban J connectivity index is 2.50. The second-order valence-electron chi connectivity index (χ2n) is 4.46.